The molecule has 1 aromatic carbocycles. The Morgan fingerprint density at radius 1 is 1.25 bits per heavy atom. The molecule has 1 aromatic heterocycles. The van der Waals surface area contributed by atoms with Crippen molar-refractivity contribution >= 4 is 5.78 Å². The topological polar surface area (TPSA) is 58.7 Å². The van der Waals surface area contributed by atoms with E-state index in [1.807, 2.05) is 45.0 Å². The van der Waals surface area contributed by atoms with Gasteiger partial charge in [0.15, 0.2) is 0 Å². The predicted octanol–water partition coefficient (Wildman–Crippen LogP) is 4.31. The van der Waals surface area contributed by atoms with Gasteiger partial charge in [-0.1, -0.05) is 45.0 Å². The van der Waals surface area contributed by atoms with E-state index >= 15 is 0 Å². The van der Waals surface area contributed by atoms with Gasteiger partial charge in [0.2, 0.25) is 5.78 Å². The number of Topliss-reactive ketones (excluding diaryl/α,β-unsaturated/α-hetero) is 1. The van der Waals surface area contributed by atoms with Crippen LogP contribution >= 0.6 is 0 Å². The van der Waals surface area contributed by atoms with Crippen LogP contribution in [0.2, 0.25) is 0 Å². The molecule has 0 fully saturated rings. The maximum atomic E-state index is 13.0. The fourth-order valence-corrected chi connectivity index (χ4v) is 2.81. The molecular formula is C20H25N3O. The molecule has 0 aliphatic rings. The predicted molar refractivity (Wildman–Crippen MR) is 95.2 cm³/mol. The third-order valence-electron chi connectivity index (χ3n) is 4.46. The number of aryl methyl sites for hydroxylation is 2. The third kappa shape index (κ3) is 3.26. The van der Waals surface area contributed by atoms with Crippen LogP contribution in [0.25, 0.3) is 0 Å². The zero-order valence-electron chi connectivity index (χ0n) is 15.3. The zero-order valence-corrected chi connectivity index (χ0v) is 15.3. The fourth-order valence-electron chi connectivity index (χ4n) is 2.81. The van der Waals surface area contributed by atoms with Crippen molar-refractivity contribution in [3.05, 3.63) is 52.3 Å². The molecule has 0 amide bonds. The summed E-state index contributed by atoms with van der Waals surface area (Å²) in [5, 5.41) is 14.0. The molecule has 1 atom stereocenters. The number of hydrogen-bond acceptors (Lipinski definition) is 3. The second-order valence-electron chi connectivity index (χ2n) is 7.17. The Morgan fingerprint density at radius 2 is 1.83 bits per heavy atom. The molecule has 0 saturated carbocycles. The highest BCUT2D eigenvalue weighted by molar-refractivity contribution is 6.02. The molecule has 0 spiro atoms. The van der Waals surface area contributed by atoms with Crippen molar-refractivity contribution < 1.29 is 4.79 Å². The van der Waals surface area contributed by atoms with Gasteiger partial charge in [-0.3, -0.25) is 9.48 Å². The minimum Gasteiger partial charge on any atom is -0.291 e. The van der Waals surface area contributed by atoms with Crippen LogP contribution in [0.3, 0.4) is 0 Å². The molecule has 0 aliphatic heterocycles. The summed E-state index contributed by atoms with van der Waals surface area (Å²) in [5.41, 5.74) is 4.19. The van der Waals surface area contributed by atoms with Gasteiger partial charge >= 0.3 is 0 Å². The highest BCUT2D eigenvalue weighted by Gasteiger charge is 2.28. The first-order chi connectivity index (χ1) is 11.2. The van der Waals surface area contributed by atoms with Gasteiger partial charge in [-0.15, -0.1) is 0 Å². The maximum Gasteiger partial charge on any atom is 0.202 e. The van der Waals surface area contributed by atoms with Crippen LogP contribution < -0.4 is 0 Å². The standard InChI is InChI=1S/C20H25N3O/c1-7-23-18(13(2)14(3)22-23)19(24)17(12-21)15-8-10-16(11-9-15)20(4,5)6/h8-11,17H,7H2,1-6H3. The number of rotatable bonds is 4. The van der Waals surface area contributed by atoms with Gasteiger partial charge in [-0.25, -0.2) is 0 Å². The zero-order chi connectivity index (χ0) is 18.1. The molecule has 126 valence electrons. The molecule has 0 aliphatic carbocycles. The van der Waals surface area contributed by atoms with Crippen LogP contribution in [-0.2, 0) is 12.0 Å². The lowest BCUT2D eigenvalue weighted by Crippen LogP contribution is -2.18. The van der Waals surface area contributed by atoms with E-state index in [4.69, 9.17) is 0 Å². The minimum absolute atomic E-state index is 0.0409. The van der Waals surface area contributed by atoms with E-state index in [0.717, 1.165) is 16.8 Å². The van der Waals surface area contributed by atoms with Crippen LogP contribution in [0.5, 0.6) is 0 Å². The molecular weight excluding hydrogens is 298 g/mol. The highest BCUT2D eigenvalue weighted by Crippen LogP contribution is 2.27. The van der Waals surface area contributed by atoms with Crippen molar-refractivity contribution in [1.82, 2.24) is 9.78 Å². The van der Waals surface area contributed by atoms with Crippen molar-refractivity contribution in [2.45, 2.75) is 59.4 Å². The molecule has 24 heavy (non-hydrogen) atoms. The summed E-state index contributed by atoms with van der Waals surface area (Å²) < 4.78 is 1.70. The van der Waals surface area contributed by atoms with Crippen molar-refractivity contribution in [3.63, 3.8) is 0 Å². The maximum absolute atomic E-state index is 13.0. The van der Waals surface area contributed by atoms with Crippen molar-refractivity contribution in [2.75, 3.05) is 0 Å². The number of hydrogen-bond donors (Lipinski definition) is 0. The van der Waals surface area contributed by atoms with Gasteiger partial charge in [0.05, 0.1) is 11.8 Å². The van der Waals surface area contributed by atoms with Crippen LogP contribution in [0.15, 0.2) is 24.3 Å². The number of nitrogens with zero attached hydrogens (tertiary/aromatic N) is 3. The Hall–Kier alpha value is -2.41. The largest absolute Gasteiger partial charge is 0.291 e. The summed E-state index contributed by atoms with van der Waals surface area (Å²) >= 11 is 0. The molecule has 2 aromatic rings. The van der Waals surface area contributed by atoms with Gasteiger partial charge in [0.25, 0.3) is 0 Å². The van der Waals surface area contributed by atoms with E-state index in [1.54, 1.807) is 4.68 Å². The normalized spacial score (nSPS) is 12.7. The molecule has 4 heteroatoms. The summed E-state index contributed by atoms with van der Waals surface area (Å²) in [4.78, 5) is 13.0. The van der Waals surface area contributed by atoms with Crippen molar-refractivity contribution in [3.8, 4) is 6.07 Å². The van der Waals surface area contributed by atoms with E-state index in [0.29, 0.717) is 12.2 Å². The summed E-state index contributed by atoms with van der Waals surface area (Å²) in [6.45, 7) is 12.7. The smallest absolute Gasteiger partial charge is 0.202 e. The van der Waals surface area contributed by atoms with Crippen LogP contribution in [0, 0.1) is 25.2 Å². The van der Waals surface area contributed by atoms with E-state index in [9.17, 15) is 10.1 Å². The Bertz CT molecular complexity index is 786. The first kappa shape index (κ1) is 17.9. The summed E-state index contributed by atoms with van der Waals surface area (Å²) in [7, 11) is 0. The Labute approximate surface area is 144 Å². The van der Waals surface area contributed by atoms with Crippen LogP contribution in [-0.4, -0.2) is 15.6 Å². The minimum atomic E-state index is -0.806. The van der Waals surface area contributed by atoms with Gasteiger partial charge in [-0.05, 0) is 37.3 Å². The molecule has 1 heterocycles. The number of benzene rings is 1. The lowest BCUT2D eigenvalue weighted by molar-refractivity contribution is 0.0968. The number of carbonyl (C=O) groups is 1. The summed E-state index contributed by atoms with van der Waals surface area (Å²) in [6.07, 6.45) is 0. The second kappa shape index (κ2) is 6.60. The number of ketones is 1. The van der Waals surface area contributed by atoms with E-state index in [2.05, 4.69) is 31.9 Å². The first-order valence-corrected chi connectivity index (χ1v) is 8.29. The van der Waals surface area contributed by atoms with Gasteiger partial charge in [0.1, 0.15) is 11.6 Å². The first-order valence-electron chi connectivity index (χ1n) is 8.29. The average molecular weight is 323 g/mol. The lowest BCUT2D eigenvalue weighted by atomic mass is 9.85. The average Bonchev–Trinajstić information content (AvgIpc) is 2.82. The molecule has 0 radical (unpaired) electrons. The van der Waals surface area contributed by atoms with E-state index in [-0.39, 0.29) is 11.2 Å². The Balaban J connectivity index is 2.42. The van der Waals surface area contributed by atoms with Gasteiger partial charge in [-0.2, -0.15) is 10.4 Å². The number of carbonyl (C=O) groups excluding carboxylic acids is 1. The van der Waals surface area contributed by atoms with Crippen LogP contribution in [0.4, 0.5) is 0 Å². The summed E-state index contributed by atoms with van der Waals surface area (Å²) in [5.74, 6) is -0.986. The molecule has 0 bridgehead atoms. The monoisotopic (exact) mass is 323 g/mol. The Kier molecular flexibility index (Phi) is 4.94. The van der Waals surface area contributed by atoms with Crippen molar-refractivity contribution in [2.24, 2.45) is 0 Å². The fraction of sp³-hybridized carbons (Fsp3) is 0.450. The van der Waals surface area contributed by atoms with E-state index < -0.39 is 5.92 Å². The van der Waals surface area contributed by atoms with Gasteiger partial charge < -0.3 is 0 Å². The molecule has 0 saturated heterocycles. The Morgan fingerprint density at radius 3 is 2.29 bits per heavy atom. The molecule has 4 nitrogen and oxygen atoms in total. The molecule has 0 N–H and O–H groups in total. The van der Waals surface area contributed by atoms with E-state index in [1.165, 1.54) is 5.56 Å². The molecule has 2 rings (SSSR count). The number of aromatic nitrogens is 2. The van der Waals surface area contributed by atoms with Crippen LogP contribution in [0.1, 0.15) is 66.5 Å². The quantitative estimate of drug-likeness (QED) is 0.788. The second-order valence-corrected chi connectivity index (χ2v) is 7.17. The van der Waals surface area contributed by atoms with Gasteiger partial charge in [0, 0.05) is 12.1 Å². The van der Waals surface area contributed by atoms with Crippen molar-refractivity contribution in [1.29, 1.82) is 5.26 Å². The third-order valence-corrected chi connectivity index (χ3v) is 4.46. The summed E-state index contributed by atoms with van der Waals surface area (Å²) in [6, 6.07) is 9.96. The molecule has 1 unspecified atom stereocenters. The SMILES string of the molecule is CCn1nc(C)c(C)c1C(=O)C(C#N)c1ccc(C(C)(C)C)cc1. The lowest BCUT2D eigenvalue weighted by Gasteiger charge is -2.19. The number of nitriles is 1. The highest BCUT2D eigenvalue weighted by atomic mass is 16.1.